The third kappa shape index (κ3) is 6.59. The van der Waals surface area contributed by atoms with E-state index in [0.29, 0.717) is 0 Å². The van der Waals surface area contributed by atoms with Crippen molar-refractivity contribution in [2.24, 2.45) is 0 Å². The number of unbranched alkanes of at least 4 members (excludes halogenated alkanes) is 2. The Balaban J connectivity index is 2.39. The van der Waals surface area contributed by atoms with Gasteiger partial charge in [-0.3, -0.25) is 0 Å². The van der Waals surface area contributed by atoms with Crippen molar-refractivity contribution in [2.75, 3.05) is 0 Å². The van der Waals surface area contributed by atoms with Gasteiger partial charge in [0, 0.05) is 0 Å². The molecule has 0 aliphatic rings. The van der Waals surface area contributed by atoms with E-state index in [2.05, 4.69) is 37.8 Å². The number of hydrogen-bond acceptors (Lipinski definition) is 1. The van der Waals surface area contributed by atoms with Crippen molar-refractivity contribution in [3.8, 4) is 0 Å². The average Bonchev–Trinajstić information content (AvgIpc) is 2.67. The quantitative estimate of drug-likeness (QED) is 0.268. The summed E-state index contributed by atoms with van der Waals surface area (Å²) in [5.74, 6) is 0. The first-order chi connectivity index (χ1) is 12.3. The molecule has 0 aliphatic heterocycles. The number of rotatable bonds is 10. The van der Waals surface area contributed by atoms with Gasteiger partial charge in [-0.25, -0.2) is 0 Å². The summed E-state index contributed by atoms with van der Waals surface area (Å²) >= 11 is -0.663. The predicted octanol–water partition coefficient (Wildman–Crippen LogP) is 5.19. The molecular formula is C22H26OSTe. The van der Waals surface area contributed by atoms with Crippen molar-refractivity contribution < 1.29 is 4.21 Å². The molecule has 132 valence electrons. The summed E-state index contributed by atoms with van der Waals surface area (Å²) in [4.78, 5) is 0.913. The molecule has 2 rings (SSSR count). The van der Waals surface area contributed by atoms with E-state index in [4.69, 9.17) is 0 Å². The minimum absolute atomic E-state index is 0.663. The molecule has 0 saturated heterocycles. The van der Waals surface area contributed by atoms with E-state index in [1.807, 2.05) is 42.5 Å². The van der Waals surface area contributed by atoms with Crippen molar-refractivity contribution in [3.05, 3.63) is 81.8 Å². The zero-order valence-electron chi connectivity index (χ0n) is 14.8. The second-order valence-electron chi connectivity index (χ2n) is 5.84. The van der Waals surface area contributed by atoms with Crippen LogP contribution >= 0.6 is 0 Å². The van der Waals surface area contributed by atoms with E-state index >= 15 is 0 Å². The van der Waals surface area contributed by atoms with E-state index in [9.17, 15) is 4.21 Å². The van der Waals surface area contributed by atoms with Crippen LogP contribution < -0.4 is 3.61 Å². The van der Waals surface area contributed by atoms with Crippen LogP contribution in [0.5, 0.6) is 0 Å². The fourth-order valence-corrected chi connectivity index (χ4v) is 8.19. The first-order valence-electron chi connectivity index (χ1n) is 8.79. The van der Waals surface area contributed by atoms with Gasteiger partial charge in [-0.2, -0.15) is 0 Å². The first kappa shape index (κ1) is 20.2. The number of hydrogen-bond donors (Lipinski definition) is 0. The second kappa shape index (κ2) is 11.5. The molecule has 3 heteroatoms. The van der Waals surface area contributed by atoms with E-state index in [1.54, 1.807) is 0 Å². The van der Waals surface area contributed by atoms with Crippen molar-refractivity contribution in [3.63, 3.8) is 0 Å². The first-order valence-corrected chi connectivity index (χ1v) is 12.3. The maximum absolute atomic E-state index is 13.3. The van der Waals surface area contributed by atoms with Crippen LogP contribution in [0.1, 0.15) is 39.0 Å². The van der Waals surface area contributed by atoms with Crippen LogP contribution in [-0.2, 0) is 10.8 Å². The maximum atomic E-state index is 13.3. The van der Waals surface area contributed by atoms with E-state index in [-0.39, 0.29) is 0 Å². The Morgan fingerprint density at radius 1 is 1.04 bits per heavy atom. The van der Waals surface area contributed by atoms with Gasteiger partial charge in [0.2, 0.25) is 0 Å². The molecule has 0 bridgehead atoms. The van der Waals surface area contributed by atoms with Crippen molar-refractivity contribution >= 4 is 35.3 Å². The Hall–Kier alpha value is -1.14. The van der Waals surface area contributed by atoms with E-state index < -0.39 is 31.7 Å². The number of allylic oxidation sites excluding steroid dienone is 2. The zero-order chi connectivity index (χ0) is 17.9. The van der Waals surface area contributed by atoms with Gasteiger partial charge < -0.3 is 0 Å². The topological polar surface area (TPSA) is 17.1 Å². The summed E-state index contributed by atoms with van der Waals surface area (Å²) in [5, 5.41) is 0. The monoisotopic (exact) mass is 468 g/mol. The Morgan fingerprint density at radius 2 is 1.68 bits per heavy atom. The normalized spacial score (nSPS) is 13.2. The van der Waals surface area contributed by atoms with Crippen LogP contribution in [0.4, 0.5) is 0 Å². The number of benzene rings is 2. The Kier molecular flexibility index (Phi) is 9.26. The molecule has 1 unspecified atom stereocenters. The summed E-state index contributed by atoms with van der Waals surface area (Å²) in [6, 6.07) is 20.4. The standard InChI is InChI=1S/C22H26OSTe/c1-3-5-8-14-19(13-4-2)22(25-21-17-11-7-12-18-21)24(23)20-15-9-6-10-16-20/h4,6-7,9-12,15-18H,2-3,5,8,13-14H2,1H3/b22-19+. The summed E-state index contributed by atoms with van der Waals surface area (Å²) in [5.41, 5.74) is 1.34. The van der Waals surface area contributed by atoms with Crippen LogP contribution in [0, 0.1) is 0 Å². The molecule has 0 amide bonds. The van der Waals surface area contributed by atoms with Gasteiger partial charge in [0.25, 0.3) is 0 Å². The molecule has 0 spiro atoms. The van der Waals surface area contributed by atoms with Crippen LogP contribution in [0.25, 0.3) is 0 Å². The van der Waals surface area contributed by atoms with Crippen molar-refractivity contribution in [1.29, 1.82) is 0 Å². The summed E-state index contributed by atoms with van der Waals surface area (Å²) in [6.07, 6.45) is 7.42. The molecule has 1 atom stereocenters. The van der Waals surface area contributed by atoms with E-state index in [0.717, 1.165) is 24.2 Å². The van der Waals surface area contributed by atoms with Crippen molar-refractivity contribution in [2.45, 2.75) is 43.9 Å². The molecule has 0 saturated carbocycles. The van der Waals surface area contributed by atoms with Gasteiger partial charge in [0.05, 0.1) is 0 Å². The summed E-state index contributed by atoms with van der Waals surface area (Å²) in [6.45, 7) is 6.15. The average molecular weight is 466 g/mol. The second-order valence-corrected chi connectivity index (χ2v) is 11.2. The van der Waals surface area contributed by atoms with E-state index in [1.165, 1.54) is 25.0 Å². The third-order valence-corrected chi connectivity index (χ3v) is 9.82. The molecular weight excluding hydrogens is 440 g/mol. The predicted molar refractivity (Wildman–Crippen MR) is 111 cm³/mol. The molecule has 0 N–H and O–H groups in total. The van der Waals surface area contributed by atoms with Gasteiger partial charge in [0.15, 0.2) is 0 Å². The van der Waals surface area contributed by atoms with Crippen molar-refractivity contribution in [1.82, 2.24) is 0 Å². The molecule has 0 heterocycles. The molecule has 0 fully saturated rings. The summed E-state index contributed by atoms with van der Waals surface area (Å²) < 4.78 is 15.9. The molecule has 2 aromatic rings. The molecule has 1 nitrogen and oxygen atoms in total. The molecule has 0 aliphatic carbocycles. The third-order valence-electron chi connectivity index (χ3n) is 3.84. The molecule has 0 aromatic heterocycles. The fourth-order valence-electron chi connectivity index (χ4n) is 2.54. The fraction of sp³-hybridized carbons (Fsp3) is 0.273. The Bertz CT molecular complexity index is 707. The molecule has 0 radical (unpaired) electrons. The van der Waals surface area contributed by atoms with Gasteiger partial charge >= 0.3 is 165 Å². The van der Waals surface area contributed by atoms with Gasteiger partial charge in [-0.1, -0.05) is 0 Å². The zero-order valence-corrected chi connectivity index (χ0v) is 18.0. The van der Waals surface area contributed by atoms with Crippen LogP contribution in [0.15, 0.2) is 86.7 Å². The molecule has 25 heavy (non-hydrogen) atoms. The summed E-state index contributed by atoms with van der Waals surface area (Å²) in [7, 11) is -1.07. The SMILES string of the molecule is C=CC/C(CCCCC)=C(\[Te]c1ccccc1)S(=O)c1ccccc1. The minimum atomic E-state index is -1.07. The Morgan fingerprint density at radius 3 is 2.28 bits per heavy atom. The van der Waals surface area contributed by atoms with Crippen LogP contribution in [0.3, 0.4) is 0 Å². The van der Waals surface area contributed by atoms with Gasteiger partial charge in [0.1, 0.15) is 0 Å². The van der Waals surface area contributed by atoms with Crippen LogP contribution in [0.2, 0.25) is 0 Å². The van der Waals surface area contributed by atoms with Gasteiger partial charge in [-0.05, 0) is 0 Å². The molecule has 2 aromatic carbocycles. The Labute approximate surface area is 164 Å². The van der Waals surface area contributed by atoms with Gasteiger partial charge in [-0.15, -0.1) is 0 Å². The van der Waals surface area contributed by atoms with Crippen LogP contribution in [-0.4, -0.2) is 25.1 Å².